The van der Waals surface area contributed by atoms with Gasteiger partial charge in [0.1, 0.15) is 5.75 Å². The summed E-state index contributed by atoms with van der Waals surface area (Å²) in [5.74, 6) is 0.678. The number of aryl methyl sites for hydroxylation is 2. The smallest absolute Gasteiger partial charge is 0.261 e. The van der Waals surface area contributed by atoms with Crippen molar-refractivity contribution in [2.75, 3.05) is 6.61 Å². The zero-order valence-corrected chi connectivity index (χ0v) is 17.8. The van der Waals surface area contributed by atoms with Crippen LogP contribution < -0.4 is 4.74 Å². The summed E-state index contributed by atoms with van der Waals surface area (Å²) in [6.45, 7) is 5.15. The van der Waals surface area contributed by atoms with Crippen molar-refractivity contribution in [2.45, 2.75) is 26.9 Å². The van der Waals surface area contributed by atoms with E-state index in [-0.39, 0.29) is 12.5 Å². The molecule has 0 atom stereocenters. The highest BCUT2D eigenvalue weighted by Gasteiger charge is 2.16. The summed E-state index contributed by atoms with van der Waals surface area (Å²) in [4.78, 5) is 14.8. The lowest BCUT2D eigenvalue weighted by Gasteiger charge is -2.23. The van der Waals surface area contributed by atoms with E-state index in [2.05, 4.69) is 15.9 Å². The van der Waals surface area contributed by atoms with Crippen molar-refractivity contribution in [3.63, 3.8) is 0 Å². The van der Waals surface area contributed by atoms with E-state index in [0.717, 1.165) is 26.7 Å². The molecule has 0 aliphatic rings. The molecule has 0 aliphatic carbocycles. The molecular formula is C24H24BrNO2. The van der Waals surface area contributed by atoms with E-state index in [0.29, 0.717) is 18.8 Å². The van der Waals surface area contributed by atoms with Crippen molar-refractivity contribution in [1.82, 2.24) is 4.90 Å². The lowest BCUT2D eigenvalue weighted by atomic mass is 10.1. The number of nitrogens with zero attached hydrogens (tertiary/aromatic N) is 1. The molecule has 3 rings (SSSR count). The zero-order valence-electron chi connectivity index (χ0n) is 16.2. The van der Waals surface area contributed by atoms with Gasteiger partial charge in [-0.05, 0) is 48.2 Å². The van der Waals surface area contributed by atoms with E-state index in [1.54, 1.807) is 0 Å². The molecule has 0 N–H and O–H groups in total. The lowest BCUT2D eigenvalue weighted by molar-refractivity contribution is -0.134. The van der Waals surface area contributed by atoms with Crippen LogP contribution in [-0.2, 0) is 17.9 Å². The Bertz CT molecular complexity index is 861. The van der Waals surface area contributed by atoms with Gasteiger partial charge in [0.25, 0.3) is 5.91 Å². The van der Waals surface area contributed by atoms with Crippen molar-refractivity contribution in [3.05, 3.63) is 99.5 Å². The number of halogens is 1. The van der Waals surface area contributed by atoms with Crippen LogP contribution in [0.15, 0.2) is 77.3 Å². The number of rotatable bonds is 7. The molecule has 0 fully saturated rings. The van der Waals surface area contributed by atoms with Crippen LogP contribution in [0, 0.1) is 13.8 Å². The van der Waals surface area contributed by atoms with Crippen LogP contribution in [0.25, 0.3) is 0 Å². The van der Waals surface area contributed by atoms with Gasteiger partial charge in [-0.15, -0.1) is 0 Å². The average molecular weight is 438 g/mol. The molecule has 3 aromatic carbocycles. The SMILES string of the molecule is Cc1cc(OCC(=O)N(Cc2ccccc2)Cc2ccccc2)cc(C)c1Br. The van der Waals surface area contributed by atoms with E-state index in [1.807, 2.05) is 91.5 Å². The number of ether oxygens (including phenoxy) is 1. The van der Waals surface area contributed by atoms with Gasteiger partial charge >= 0.3 is 0 Å². The van der Waals surface area contributed by atoms with Crippen LogP contribution >= 0.6 is 15.9 Å². The zero-order chi connectivity index (χ0) is 19.9. The molecule has 0 saturated carbocycles. The number of hydrogen-bond acceptors (Lipinski definition) is 2. The Morgan fingerprint density at radius 1 is 0.857 bits per heavy atom. The number of carbonyl (C=O) groups is 1. The van der Waals surface area contributed by atoms with Gasteiger partial charge in [0, 0.05) is 17.6 Å². The summed E-state index contributed by atoms with van der Waals surface area (Å²) in [7, 11) is 0. The Hall–Kier alpha value is -2.59. The van der Waals surface area contributed by atoms with Gasteiger partial charge in [0.15, 0.2) is 6.61 Å². The average Bonchev–Trinajstić information content (AvgIpc) is 2.71. The molecule has 0 unspecified atom stereocenters. The molecule has 3 aromatic rings. The van der Waals surface area contributed by atoms with Crippen LogP contribution in [0.3, 0.4) is 0 Å². The summed E-state index contributed by atoms with van der Waals surface area (Å²) in [5.41, 5.74) is 4.38. The molecule has 0 heterocycles. The number of carbonyl (C=O) groups excluding carboxylic acids is 1. The summed E-state index contributed by atoms with van der Waals surface area (Å²) < 4.78 is 6.90. The summed E-state index contributed by atoms with van der Waals surface area (Å²) in [6.07, 6.45) is 0. The Morgan fingerprint density at radius 2 is 1.32 bits per heavy atom. The fourth-order valence-electron chi connectivity index (χ4n) is 3.07. The minimum Gasteiger partial charge on any atom is -0.484 e. The van der Waals surface area contributed by atoms with Crippen LogP contribution in [0.4, 0.5) is 0 Å². The van der Waals surface area contributed by atoms with Crippen LogP contribution in [-0.4, -0.2) is 17.4 Å². The Kier molecular flexibility index (Phi) is 6.88. The van der Waals surface area contributed by atoms with Gasteiger partial charge in [-0.1, -0.05) is 76.6 Å². The van der Waals surface area contributed by atoms with Crippen LogP contribution in [0.5, 0.6) is 5.75 Å². The fourth-order valence-corrected chi connectivity index (χ4v) is 3.29. The summed E-state index contributed by atoms with van der Waals surface area (Å²) >= 11 is 3.56. The first kappa shape index (κ1) is 20.2. The maximum Gasteiger partial charge on any atom is 0.261 e. The molecular weight excluding hydrogens is 414 g/mol. The molecule has 0 radical (unpaired) electrons. The van der Waals surface area contributed by atoms with Gasteiger partial charge in [-0.25, -0.2) is 0 Å². The first-order valence-corrected chi connectivity index (χ1v) is 10.1. The molecule has 28 heavy (non-hydrogen) atoms. The van der Waals surface area contributed by atoms with E-state index >= 15 is 0 Å². The van der Waals surface area contributed by atoms with Crippen molar-refractivity contribution in [2.24, 2.45) is 0 Å². The molecule has 1 amide bonds. The minimum atomic E-state index is -0.0362. The molecule has 0 saturated heterocycles. The fraction of sp³-hybridized carbons (Fsp3) is 0.208. The highest BCUT2D eigenvalue weighted by molar-refractivity contribution is 9.10. The normalized spacial score (nSPS) is 10.5. The molecule has 3 nitrogen and oxygen atoms in total. The minimum absolute atomic E-state index is 0.0141. The van der Waals surface area contributed by atoms with Gasteiger partial charge in [-0.3, -0.25) is 4.79 Å². The topological polar surface area (TPSA) is 29.5 Å². The molecule has 0 spiro atoms. The number of amides is 1. The molecule has 0 aliphatic heterocycles. The van der Waals surface area contributed by atoms with Crippen LogP contribution in [0.1, 0.15) is 22.3 Å². The van der Waals surface area contributed by atoms with Crippen molar-refractivity contribution in [1.29, 1.82) is 0 Å². The van der Waals surface area contributed by atoms with E-state index in [1.165, 1.54) is 0 Å². The molecule has 0 aromatic heterocycles. The second kappa shape index (κ2) is 9.56. The van der Waals surface area contributed by atoms with Gasteiger partial charge in [0.2, 0.25) is 0 Å². The number of hydrogen-bond donors (Lipinski definition) is 0. The Labute approximate surface area is 175 Å². The van der Waals surface area contributed by atoms with E-state index in [4.69, 9.17) is 4.74 Å². The second-order valence-electron chi connectivity index (χ2n) is 6.88. The maximum atomic E-state index is 13.0. The quantitative estimate of drug-likeness (QED) is 0.476. The third-order valence-electron chi connectivity index (χ3n) is 4.56. The summed E-state index contributed by atoms with van der Waals surface area (Å²) in [5, 5.41) is 0. The van der Waals surface area contributed by atoms with Crippen LogP contribution in [0.2, 0.25) is 0 Å². The summed E-state index contributed by atoms with van der Waals surface area (Å²) in [6, 6.07) is 24.0. The molecule has 144 valence electrons. The largest absolute Gasteiger partial charge is 0.484 e. The monoisotopic (exact) mass is 437 g/mol. The van der Waals surface area contributed by atoms with Crippen molar-refractivity contribution < 1.29 is 9.53 Å². The highest BCUT2D eigenvalue weighted by Crippen LogP contribution is 2.26. The maximum absolute atomic E-state index is 13.0. The third-order valence-corrected chi connectivity index (χ3v) is 5.81. The van der Waals surface area contributed by atoms with E-state index < -0.39 is 0 Å². The van der Waals surface area contributed by atoms with Gasteiger partial charge in [0.05, 0.1) is 0 Å². The molecule has 4 heteroatoms. The highest BCUT2D eigenvalue weighted by atomic mass is 79.9. The Morgan fingerprint density at radius 3 is 1.79 bits per heavy atom. The lowest BCUT2D eigenvalue weighted by Crippen LogP contribution is -2.34. The predicted octanol–water partition coefficient (Wildman–Crippen LogP) is 5.67. The van der Waals surface area contributed by atoms with Gasteiger partial charge in [-0.2, -0.15) is 0 Å². The third kappa shape index (κ3) is 5.46. The predicted molar refractivity (Wildman–Crippen MR) is 116 cm³/mol. The Balaban J connectivity index is 1.72. The molecule has 0 bridgehead atoms. The first-order valence-electron chi connectivity index (χ1n) is 9.28. The van der Waals surface area contributed by atoms with Crippen molar-refractivity contribution >= 4 is 21.8 Å². The van der Waals surface area contributed by atoms with E-state index in [9.17, 15) is 4.79 Å². The second-order valence-corrected chi connectivity index (χ2v) is 7.67. The number of benzene rings is 3. The standard InChI is InChI=1S/C24H24BrNO2/c1-18-13-22(14-19(2)24(18)25)28-17-23(27)26(15-20-9-5-3-6-10-20)16-21-11-7-4-8-12-21/h3-14H,15-17H2,1-2H3. The van der Waals surface area contributed by atoms with Gasteiger partial charge < -0.3 is 9.64 Å². The van der Waals surface area contributed by atoms with Crippen molar-refractivity contribution in [3.8, 4) is 5.75 Å². The first-order chi connectivity index (χ1) is 13.5.